The Labute approximate surface area is 167 Å². The third kappa shape index (κ3) is 2.93. The smallest absolute Gasteiger partial charge is 0.162 e. The minimum absolute atomic E-state index is 0.0114. The predicted molar refractivity (Wildman–Crippen MR) is 103 cm³/mol. The Balaban J connectivity index is 1.59. The molecule has 0 N–H and O–H groups in total. The summed E-state index contributed by atoms with van der Waals surface area (Å²) < 4.78 is 10.2. The molecule has 0 spiro atoms. The van der Waals surface area contributed by atoms with Crippen molar-refractivity contribution in [2.45, 2.75) is 58.8 Å². The first-order valence-electron chi connectivity index (χ1n) is 10.7. The summed E-state index contributed by atoms with van der Waals surface area (Å²) >= 11 is 0. The largest absolute Gasteiger partial charge is 0.359 e. The number of rotatable bonds is 5. The van der Waals surface area contributed by atoms with Gasteiger partial charge in [0.05, 0.1) is 0 Å². The highest BCUT2D eigenvalue weighted by Gasteiger charge is 2.63. The number of methoxy groups -OCH3 is 1. The Bertz CT molecular complexity index is 725. The van der Waals surface area contributed by atoms with Crippen LogP contribution < -0.4 is 0 Å². The topological polar surface area (TPSA) is 69.7 Å². The molecule has 0 aromatic rings. The van der Waals surface area contributed by atoms with Gasteiger partial charge in [-0.2, -0.15) is 0 Å². The molecule has 4 aliphatic rings. The molecule has 4 aliphatic carbocycles. The number of ketones is 3. The molecule has 0 bridgehead atoms. The lowest BCUT2D eigenvalue weighted by atomic mass is 9.46. The van der Waals surface area contributed by atoms with E-state index in [2.05, 4.69) is 13.8 Å². The predicted octanol–water partition coefficient (Wildman–Crippen LogP) is 3.50. The molecule has 5 nitrogen and oxygen atoms in total. The lowest BCUT2D eigenvalue weighted by Gasteiger charge is -2.56. The zero-order chi connectivity index (χ0) is 20.1. The Hall–Kier alpha value is -1.33. The van der Waals surface area contributed by atoms with Crippen LogP contribution in [0.15, 0.2) is 11.6 Å². The van der Waals surface area contributed by atoms with Gasteiger partial charge < -0.3 is 9.47 Å². The summed E-state index contributed by atoms with van der Waals surface area (Å²) in [7, 11) is 1.54. The van der Waals surface area contributed by atoms with Crippen molar-refractivity contribution in [2.75, 3.05) is 20.5 Å². The van der Waals surface area contributed by atoms with Gasteiger partial charge in [0.15, 0.2) is 11.6 Å². The van der Waals surface area contributed by atoms with Crippen LogP contribution in [0.5, 0.6) is 0 Å². The normalized spacial score (nSPS) is 42.5. The molecule has 3 fully saturated rings. The Morgan fingerprint density at radius 2 is 1.96 bits per heavy atom. The molecule has 154 valence electrons. The van der Waals surface area contributed by atoms with Gasteiger partial charge in [0.2, 0.25) is 0 Å². The van der Waals surface area contributed by atoms with E-state index in [9.17, 15) is 14.4 Å². The third-order valence-electron chi connectivity index (χ3n) is 8.48. The van der Waals surface area contributed by atoms with E-state index in [-0.39, 0.29) is 47.6 Å². The van der Waals surface area contributed by atoms with Gasteiger partial charge in [-0.3, -0.25) is 14.4 Å². The molecule has 0 heterocycles. The first-order valence-corrected chi connectivity index (χ1v) is 10.7. The van der Waals surface area contributed by atoms with Crippen molar-refractivity contribution in [1.29, 1.82) is 0 Å². The van der Waals surface area contributed by atoms with E-state index in [1.54, 1.807) is 7.11 Å². The third-order valence-corrected chi connectivity index (χ3v) is 8.48. The molecule has 0 saturated heterocycles. The van der Waals surface area contributed by atoms with Crippen molar-refractivity contribution in [3.05, 3.63) is 11.6 Å². The van der Waals surface area contributed by atoms with Crippen molar-refractivity contribution >= 4 is 17.3 Å². The van der Waals surface area contributed by atoms with Crippen LogP contribution in [-0.2, 0) is 23.9 Å². The lowest BCUT2D eigenvalue weighted by molar-refractivity contribution is -0.150. The minimum atomic E-state index is -0.256. The first-order chi connectivity index (χ1) is 13.3. The van der Waals surface area contributed by atoms with Crippen LogP contribution in [0.25, 0.3) is 0 Å². The fraction of sp³-hybridized carbons (Fsp3) is 0.783. The summed E-state index contributed by atoms with van der Waals surface area (Å²) in [6.07, 6.45) is 7.40. The number of allylic oxidation sites excluding steroid dienone is 1. The van der Waals surface area contributed by atoms with Crippen LogP contribution >= 0.6 is 0 Å². The molecule has 3 saturated carbocycles. The van der Waals surface area contributed by atoms with Crippen LogP contribution in [0.4, 0.5) is 0 Å². The number of carbonyl (C=O) groups is 3. The van der Waals surface area contributed by atoms with Gasteiger partial charge in [0.1, 0.15) is 19.2 Å². The minimum Gasteiger partial charge on any atom is -0.359 e. The number of ether oxygens (including phenoxy) is 2. The molecule has 0 aliphatic heterocycles. The zero-order valence-electron chi connectivity index (χ0n) is 17.3. The molecule has 28 heavy (non-hydrogen) atoms. The van der Waals surface area contributed by atoms with Gasteiger partial charge in [-0.15, -0.1) is 0 Å². The molecule has 0 aromatic heterocycles. The number of fused-ring (bicyclic) bond motifs is 5. The van der Waals surface area contributed by atoms with E-state index in [4.69, 9.17) is 9.47 Å². The van der Waals surface area contributed by atoms with Gasteiger partial charge in [0.25, 0.3) is 0 Å². The summed E-state index contributed by atoms with van der Waals surface area (Å²) in [5, 5.41) is 0. The van der Waals surface area contributed by atoms with E-state index in [0.717, 1.165) is 32.1 Å². The fourth-order valence-electron chi connectivity index (χ4n) is 7.24. The highest BCUT2D eigenvalue weighted by Crippen LogP contribution is 2.65. The second kappa shape index (κ2) is 7.17. The lowest BCUT2D eigenvalue weighted by Crippen LogP contribution is -2.55. The van der Waals surface area contributed by atoms with Crippen molar-refractivity contribution in [3.63, 3.8) is 0 Å². The monoisotopic (exact) mass is 388 g/mol. The molecule has 4 rings (SSSR count). The molecule has 6 atom stereocenters. The molecule has 0 radical (unpaired) electrons. The number of hydrogen-bond acceptors (Lipinski definition) is 5. The van der Waals surface area contributed by atoms with Gasteiger partial charge in [-0.1, -0.05) is 19.4 Å². The van der Waals surface area contributed by atoms with Gasteiger partial charge in [-0.25, -0.2) is 0 Å². The van der Waals surface area contributed by atoms with Crippen molar-refractivity contribution < 1.29 is 23.9 Å². The maximum Gasteiger partial charge on any atom is 0.162 e. The van der Waals surface area contributed by atoms with Crippen molar-refractivity contribution in [3.8, 4) is 0 Å². The summed E-state index contributed by atoms with van der Waals surface area (Å²) in [4.78, 5) is 38.2. The van der Waals surface area contributed by atoms with Crippen molar-refractivity contribution in [1.82, 2.24) is 0 Å². The van der Waals surface area contributed by atoms with E-state index in [0.29, 0.717) is 30.5 Å². The summed E-state index contributed by atoms with van der Waals surface area (Å²) in [6, 6.07) is 0. The average Bonchev–Trinajstić information content (AvgIpc) is 2.98. The standard InChI is InChI=1S/C23H32O5/c1-22-9-8-15(24)10-14(22)4-5-16-17-6-7-18(20(26)12-28-13-27-3)23(17,2)11-19(25)21(16)22/h10,16-18,21H,4-9,11-13H2,1-3H3/t16-,17-,18+,21+,22-,23-/m0/s1. The van der Waals surface area contributed by atoms with Crippen LogP contribution in [0.1, 0.15) is 58.8 Å². The maximum atomic E-state index is 13.5. The van der Waals surface area contributed by atoms with Gasteiger partial charge >= 0.3 is 0 Å². The van der Waals surface area contributed by atoms with Gasteiger partial charge in [0, 0.05) is 31.8 Å². The van der Waals surface area contributed by atoms with Crippen LogP contribution in [0.2, 0.25) is 0 Å². The highest BCUT2D eigenvalue weighted by molar-refractivity contribution is 5.93. The van der Waals surface area contributed by atoms with E-state index in [1.807, 2.05) is 6.08 Å². The van der Waals surface area contributed by atoms with Crippen LogP contribution in [0.3, 0.4) is 0 Å². The van der Waals surface area contributed by atoms with Crippen molar-refractivity contribution in [2.24, 2.45) is 34.5 Å². The van der Waals surface area contributed by atoms with Crippen LogP contribution in [-0.4, -0.2) is 37.9 Å². The summed E-state index contributed by atoms with van der Waals surface area (Å²) in [5.41, 5.74) is 0.771. The summed E-state index contributed by atoms with van der Waals surface area (Å²) in [5.74, 6) is 1.28. The second-order valence-corrected chi connectivity index (χ2v) is 9.84. The average molecular weight is 389 g/mol. The van der Waals surface area contributed by atoms with E-state index < -0.39 is 0 Å². The number of hydrogen-bond donors (Lipinski definition) is 0. The van der Waals surface area contributed by atoms with E-state index >= 15 is 0 Å². The fourth-order valence-corrected chi connectivity index (χ4v) is 7.24. The Morgan fingerprint density at radius 1 is 1.18 bits per heavy atom. The maximum absolute atomic E-state index is 13.5. The number of carbonyl (C=O) groups excluding carboxylic acids is 3. The molecule has 0 unspecified atom stereocenters. The SMILES string of the molecule is COCOCC(=O)[C@H]1CC[C@H]2[C@@H]3CCC4=CC(=O)CC[C@]4(C)[C@H]3C(=O)C[C@]12C. The van der Waals surface area contributed by atoms with Crippen LogP contribution in [0, 0.1) is 34.5 Å². The first kappa shape index (κ1) is 20.0. The zero-order valence-corrected chi connectivity index (χ0v) is 17.3. The molecular weight excluding hydrogens is 356 g/mol. The molecule has 0 aromatic carbocycles. The molecule has 5 heteroatoms. The van der Waals surface area contributed by atoms with Gasteiger partial charge in [-0.05, 0) is 60.8 Å². The second-order valence-electron chi connectivity index (χ2n) is 9.84. The quantitative estimate of drug-likeness (QED) is 0.532. The Morgan fingerprint density at radius 3 is 2.71 bits per heavy atom. The number of Topliss-reactive ketones (excluding diaryl/α,β-unsaturated/α-hetero) is 2. The highest BCUT2D eigenvalue weighted by atomic mass is 16.7. The van der Waals surface area contributed by atoms with E-state index in [1.165, 1.54) is 5.57 Å². The summed E-state index contributed by atoms with van der Waals surface area (Å²) in [6.45, 7) is 4.55. The molecular formula is C23H32O5. The Kier molecular flexibility index (Phi) is 5.11. The molecule has 0 amide bonds.